The molecule has 0 saturated heterocycles. The average molecular weight is 495 g/mol. The summed E-state index contributed by atoms with van der Waals surface area (Å²) in [5, 5.41) is 2.66. The molecule has 3 aromatic carbocycles. The van der Waals surface area contributed by atoms with Crippen molar-refractivity contribution in [3.8, 4) is 11.5 Å². The second kappa shape index (κ2) is 8.95. The van der Waals surface area contributed by atoms with Crippen molar-refractivity contribution in [2.45, 2.75) is 24.3 Å². The van der Waals surface area contributed by atoms with Crippen molar-refractivity contribution < 1.29 is 32.2 Å². The van der Waals surface area contributed by atoms with E-state index in [0.29, 0.717) is 35.8 Å². The predicted octanol–water partition coefficient (Wildman–Crippen LogP) is 3.35. The second-order valence-corrected chi connectivity index (χ2v) is 9.95. The zero-order valence-corrected chi connectivity index (χ0v) is 19.6. The number of esters is 1. The third-order valence-electron chi connectivity index (χ3n) is 5.80. The molecule has 35 heavy (non-hydrogen) atoms. The first kappa shape index (κ1) is 22.7. The van der Waals surface area contributed by atoms with Crippen LogP contribution >= 0.6 is 0 Å². The molecular weight excluding hydrogens is 472 g/mol. The Hall–Kier alpha value is -4.05. The van der Waals surface area contributed by atoms with Gasteiger partial charge in [0.2, 0.25) is 6.79 Å². The summed E-state index contributed by atoms with van der Waals surface area (Å²) in [6.45, 7) is 1.87. The summed E-state index contributed by atoms with van der Waals surface area (Å²) in [7, 11) is -3.87. The van der Waals surface area contributed by atoms with Crippen LogP contribution in [0.2, 0.25) is 0 Å². The van der Waals surface area contributed by atoms with Gasteiger partial charge in [-0.2, -0.15) is 0 Å². The zero-order valence-electron chi connectivity index (χ0n) is 18.8. The van der Waals surface area contributed by atoms with Gasteiger partial charge >= 0.3 is 5.97 Å². The number of benzene rings is 3. The van der Waals surface area contributed by atoms with Crippen LogP contribution in [0.25, 0.3) is 0 Å². The fourth-order valence-corrected chi connectivity index (χ4v) is 5.52. The third kappa shape index (κ3) is 4.40. The van der Waals surface area contributed by atoms with Crippen LogP contribution in [0.4, 0.5) is 11.4 Å². The normalized spacial score (nSPS) is 14.8. The quantitative estimate of drug-likeness (QED) is 0.523. The fraction of sp³-hybridized carbons (Fsp3) is 0.200. The number of ether oxygens (including phenoxy) is 3. The lowest BCUT2D eigenvalue weighted by Crippen LogP contribution is -2.30. The molecule has 1 amide bonds. The topological polar surface area (TPSA) is 111 Å². The van der Waals surface area contributed by atoms with Gasteiger partial charge in [0.05, 0.1) is 16.1 Å². The Labute approximate surface area is 202 Å². The Kier molecular flexibility index (Phi) is 5.81. The minimum absolute atomic E-state index is 0.0267. The minimum atomic E-state index is -3.87. The van der Waals surface area contributed by atoms with Gasteiger partial charge < -0.3 is 19.5 Å². The summed E-state index contributed by atoms with van der Waals surface area (Å²) in [5.41, 5.74) is 2.07. The van der Waals surface area contributed by atoms with Crippen molar-refractivity contribution in [3.63, 3.8) is 0 Å². The van der Waals surface area contributed by atoms with Crippen molar-refractivity contribution in [1.82, 2.24) is 0 Å². The summed E-state index contributed by atoms with van der Waals surface area (Å²) in [6.07, 6.45) is -0.508. The number of hydrogen-bond acceptors (Lipinski definition) is 7. The Morgan fingerprint density at radius 3 is 2.66 bits per heavy atom. The van der Waals surface area contributed by atoms with E-state index in [1.165, 1.54) is 35.5 Å². The van der Waals surface area contributed by atoms with Crippen LogP contribution in [0.15, 0.2) is 71.6 Å². The molecule has 0 spiro atoms. The van der Waals surface area contributed by atoms with E-state index < -0.39 is 28.0 Å². The monoisotopic (exact) mass is 494 g/mol. The van der Waals surface area contributed by atoms with Gasteiger partial charge in [0.25, 0.3) is 15.9 Å². The third-order valence-corrected chi connectivity index (χ3v) is 7.60. The van der Waals surface area contributed by atoms with Crippen molar-refractivity contribution in [3.05, 3.63) is 77.9 Å². The van der Waals surface area contributed by atoms with E-state index in [0.717, 1.165) is 5.56 Å². The number of nitrogens with zero attached hydrogens (tertiary/aromatic N) is 1. The van der Waals surface area contributed by atoms with Gasteiger partial charge in [-0.3, -0.25) is 9.10 Å². The molecule has 0 radical (unpaired) electrons. The lowest BCUT2D eigenvalue weighted by Gasteiger charge is -2.20. The van der Waals surface area contributed by atoms with E-state index in [4.69, 9.17) is 14.2 Å². The van der Waals surface area contributed by atoms with Crippen LogP contribution in [0, 0.1) is 0 Å². The van der Waals surface area contributed by atoms with Gasteiger partial charge in [0.15, 0.2) is 17.6 Å². The number of sulfonamides is 1. The molecule has 1 unspecified atom stereocenters. The van der Waals surface area contributed by atoms with Gasteiger partial charge in [-0.15, -0.1) is 0 Å². The smallest absolute Gasteiger partial charge is 0.338 e. The SMILES string of the molecule is CC(OC(=O)c1cccc(S(=O)(=O)N2CCc3ccccc32)c1)C(=O)Nc1ccc2c(c1)OCO2. The highest BCUT2D eigenvalue weighted by atomic mass is 32.2. The Morgan fingerprint density at radius 1 is 1.00 bits per heavy atom. The molecule has 0 saturated carbocycles. The summed E-state index contributed by atoms with van der Waals surface area (Å²) in [4.78, 5) is 25.2. The number of amides is 1. The van der Waals surface area contributed by atoms with Crippen LogP contribution in [0.5, 0.6) is 11.5 Å². The average Bonchev–Trinajstić information content (AvgIpc) is 3.51. The minimum Gasteiger partial charge on any atom is -0.454 e. The molecular formula is C25H22N2O7S. The summed E-state index contributed by atoms with van der Waals surface area (Å²) in [5.74, 6) is -0.271. The maximum absolute atomic E-state index is 13.3. The molecule has 0 aromatic heterocycles. The number of carbonyl (C=O) groups excluding carboxylic acids is 2. The summed E-state index contributed by atoms with van der Waals surface area (Å²) >= 11 is 0. The van der Waals surface area contributed by atoms with E-state index in [1.54, 1.807) is 30.3 Å². The second-order valence-electron chi connectivity index (χ2n) is 8.09. The Morgan fingerprint density at radius 2 is 1.80 bits per heavy atom. The van der Waals surface area contributed by atoms with Crippen molar-refractivity contribution >= 4 is 33.3 Å². The van der Waals surface area contributed by atoms with Crippen molar-refractivity contribution in [2.75, 3.05) is 23.0 Å². The maximum Gasteiger partial charge on any atom is 0.338 e. The van der Waals surface area contributed by atoms with Gasteiger partial charge in [0, 0.05) is 18.3 Å². The molecule has 9 nitrogen and oxygen atoms in total. The largest absolute Gasteiger partial charge is 0.454 e. The molecule has 10 heteroatoms. The highest BCUT2D eigenvalue weighted by Crippen LogP contribution is 2.34. The van der Waals surface area contributed by atoms with E-state index in [9.17, 15) is 18.0 Å². The lowest BCUT2D eigenvalue weighted by molar-refractivity contribution is -0.123. The van der Waals surface area contributed by atoms with Gasteiger partial charge in [0.1, 0.15) is 0 Å². The molecule has 0 aliphatic carbocycles. The number of rotatable bonds is 6. The fourth-order valence-electron chi connectivity index (χ4n) is 3.97. The van der Waals surface area contributed by atoms with E-state index in [-0.39, 0.29) is 17.3 Å². The van der Waals surface area contributed by atoms with Crippen LogP contribution in [-0.2, 0) is 26.0 Å². The van der Waals surface area contributed by atoms with Crippen LogP contribution in [0.1, 0.15) is 22.8 Å². The van der Waals surface area contributed by atoms with Gasteiger partial charge in [-0.25, -0.2) is 13.2 Å². The van der Waals surface area contributed by atoms with Crippen LogP contribution in [0.3, 0.4) is 0 Å². The molecule has 2 aliphatic heterocycles. The molecule has 0 bridgehead atoms. The number of fused-ring (bicyclic) bond motifs is 2. The Balaban J connectivity index is 1.28. The standard InChI is InChI=1S/C25H22N2O7S/c1-16(24(28)26-19-9-10-22-23(14-19)33-15-32-22)34-25(29)18-6-4-7-20(13-18)35(30,31)27-12-11-17-5-2-3-8-21(17)27/h2-10,13-14,16H,11-12,15H2,1H3,(H,26,28). The molecule has 3 aromatic rings. The summed E-state index contributed by atoms with van der Waals surface area (Å²) in [6, 6.07) is 17.9. The highest BCUT2D eigenvalue weighted by Gasteiger charge is 2.31. The van der Waals surface area contributed by atoms with Crippen LogP contribution in [-0.4, -0.2) is 39.7 Å². The van der Waals surface area contributed by atoms with Crippen molar-refractivity contribution in [2.24, 2.45) is 0 Å². The molecule has 0 fully saturated rings. The number of carbonyl (C=O) groups is 2. The molecule has 2 aliphatic rings. The van der Waals surface area contributed by atoms with Gasteiger partial charge in [-0.1, -0.05) is 24.3 Å². The number of anilines is 2. The highest BCUT2D eigenvalue weighted by molar-refractivity contribution is 7.92. The number of para-hydroxylation sites is 1. The molecule has 1 N–H and O–H groups in total. The first-order valence-electron chi connectivity index (χ1n) is 10.9. The van der Waals surface area contributed by atoms with Crippen molar-refractivity contribution in [1.29, 1.82) is 0 Å². The molecule has 180 valence electrons. The molecule has 1 atom stereocenters. The number of hydrogen-bond donors (Lipinski definition) is 1. The first-order chi connectivity index (χ1) is 16.8. The van der Waals surface area contributed by atoms with E-state index in [2.05, 4.69) is 5.32 Å². The lowest BCUT2D eigenvalue weighted by atomic mass is 10.2. The molecule has 2 heterocycles. The number of nitrogens with one attached hydrogen (secondary N) is 1. The predicted molar refractivity (Wildman–Crippen MR) is 127 cm³/mol. The molecule has 5 rings (SSSR count). The Bertz CT molecular complexity index is 1420. The zero-order chi connectivity index (χ0) is 24.6. The summed E-state index contributed by atoms with van der Waals surface area (Å²) < 4.78 is 43.7. The van der Waals surface area contributed by atoms with Gasteiger partial charge in [-0.05, 0) is 55.3 Å². The first-order valence-corrected chi connectivity index (χ1v) is 12.4. The maximum atomic E-state index is 13.3. The van der Waals surface area contributed by atoms with E-state index in [1.807, 2.05) is 12.1 Å². The van der Waals surface area contributed by atoms with E-state index >= 15 is 0 Å². The van der Waals surface area contributed by atoms with Crippen LogP contribution < -0.4 is 19.1 Å².